The van der Waals surface area contributed by atoms with E-state index in [4.69, 9.17) is 32.7 Å². The first-order valence-corrected chi connectivity index (χ1v) is 11.3. The molecule has 0 bridgehead atoms. The molecule has 8 nitrogen and oxygen atoms in total. The quantitative estimate of drug-likeness (QED) is 0.549. The number of aryl methyl sites for hydroxylation is 1. The maximum absolute atomic E-state index is 12.4. The molecule has 0 saturated heterocycles. The Morgan fingerprint density at radius 3 is 2.26 bits per heavy atom. The summed E-state index contributed by atoms with van der Waals surface area (Å²) in [6.07, 6.45) is -1.20. The third-order valence-electron chi connectivity index (χ3n) is 4.21. The molecular weight excluding hydrogens is 467 g/mol. The molecular formula is C20H22Cl2N2O6S. The van der Waals surface area contributed by atoms with Crippen LogP contribution in [0.1, 0.15) is 19.4 Å². The van der Waals surface area contributed by atoms with Crippen LogP contribution in [0, 0.1) is 6.92 Å². The van der Waals surface area contributed by atoms with Crippen molar-refractivity contribution >= 4 is 50.8 Å². The van der Waals surface area contributed by atoms with Gasteiger partial charge in [-0.25, -0.2) is 8.42 Å². The van der Waals surface area contributed by atoms with Gasteiger partial charge in [0, 0.05) is 16.1 Å². The Balaban J connectivity index is 2.02. The highest BCUT2D eigenvalue weighted by molar-refractivity contribution is 7.89. The molecule has 0 radical (unpaired) electrons. The van der Waals surface area contributed by atoms with Crippen LogP contribution in [0.3, 0.4) is 0 Å². The van der Waals surface area contributed by atoms with Crippen molar-refractivity contribution in [3.63, 3.8) is 0 Å². The van der Waals surface area contributed by atoms with Gasteiger partial charge in [-0.1, -0.05) is 23.2 Å². The Kier molecular flexibility index (Phi) is 8.30. The molecule has 2 aromatic rings. The minimum Gasteiger partial charge on any atom is -0.495 e. The first kappa shape index (κ1) is 24.9. The lowest BCUT2D eigenvalue weighted by Gasteiger charge is -2.18. The van der Waals surface area contributed by atoms with Gasteiger partial charge in [-0.15, -0.1) is 0 Å². The standard InChI is InChI=1S/C20H22Cl2N2O6S/c1-11-9-17(18(29-4)10-16(11)22)23-19(25)13(3)30-20(26)12(2)24-31(27,28)15-7-5-14(21)6-8-15/h5-10,12-13,24H,1-4H3,(H,23,25)/t12-,13?/m0/s1. The van der Waals surface area contributed by atoms with Crippen molar-refractivity contribution in [3.8, 4) is 5.75 Å². The van der Waals surface area contributed by atoms with Gasteiger partial charge in [0.1, 0.15) is 11.8 Å². The van der Waals surface area contributed by atoms with Crippen LogP contribution in [-0.4, -0.2) is 39.5 Å². The van der Waals surface area contributed by atoms with Gasteiger partial charge in [0.15, 0.2) is 6.10 Å². The summed E-state index contributed by atoms with van der Waals surface area (Å²) >= 11 is 11.8. The number of rotatable bonds is 8. The number of carbonyl (C=O) groups is 2. The van der Waals surface area contributed by atoms with Crippen molar-refractivity contribution < 1.29 is 27.5 Å². The third-order valence-corrected chi connectivity index (χ3v) is 6.43. The number of amides is 1. The van der Waals surface area contributed by atoms with Crippen LogP contribution in [0.4, 0.5) is 5.69 Å². The van der Waals surface area contributed by atoms with E-state index in [0.29, 0.717) is 27.0 Å². The molecule has 11 heteroatoms. The van der Waals surface area contributed by atoms with E-state index in [1.807, 2.05) is 0 Å². The van der Waals surface area contributed by atoms with Gasteiger partial charge < -0.3 is 14.8 Å². The molecule has 0 aromatic heterocycles. The summed E-state index contributed by atoms with van der Waals surface area (Å²) in [5, 5.41) is 3.44. The number of halogens is 2. The lowest BCUT2D eigenvalue weighted by Crippen LogP contribution is -2.42. The normalized spacial score (nSPS) is 13.2. The average molecular weight is 489 g/mol. The molecule has 2 N–H and O–H groups in total. The van der Waals surface area contributed by atoms with Crippen LogP contribution in [0.15, 0.2) is 41.3 Å². The highest BCUT2D eigenvalue weighted by atomic mass is 35.5. The number of anilines is 1. The highest BCUT2D eigenvalue weighted by Crippen LogP contribution is 2.31. The lowest BCUT2D eigenvalue weighted by molar-refractivity contribution is -0.154. The Labute approximate surface area is 190 Å². The van der Waals surface area contributed by atoms with E-state index in [0.717, 1.165) is 0 Å². The van der Waals surface area contributed by atoms with Crippen molar-refractivity contribution in [3.05, 3.63) is 52.0 Å². The van der Waals surface area contributed by atoms with Crippen molar-refractivity contribution in [2.24, 2.45) is 0 Å². The van der Waals surface area contributed by atoms with E-state index in [2.05, 4.69) is 10.0 Å². The van der Waals surface area contributed by atoms with Gasteiger partial charge in [0.2, 0.25) is 10.0 Å². The van der Waals surface area contributed by atoms with Gasteiger partial charge in [0.05, 0.1) is 17.7 Å². The van der Waals surface area contributed by atoms with Gasteiger partial charge in [-0.2, -0.15) is 4.72 Å². The maximum Gasteiger partial charge on any atom is 0.324 e. The Morgan fingerprint density at radius 2 is 1.68 bits per heavy atom. The van der Waals surface area contributed by atoms with E-state index in [1.54, 1.807) is 19.1 Å². The van der Waals surface area contributed by atoms with E-state index in [9.17, 15) is 18.0 Å². The van der Waals surface area contributed by atoms with E-state index in [1.165, 1.54) is 45.2 Å². The molecule has 0 heterocycles. The van der Waals surface area contributed by atoms with Crippen LogP contribution in [-0.2, 0) is 24.3 Å². The number of hydrogen-bond donors (Lipinski definition) is 2. The lowest BCUT2D eigenvalue weighted by atomic mass is 10.2. The van der Waals surface area contributed by atoms with Gasteiger partial charge in [0.25, 0.3) is 5.91 Å². The summed E-state index contributed by atoms with van der Waals surface area (Å²) in [6, 6.07) is 7.38. The summed E-state index contributed by atoms with van der Waals surface area (Å²) in [5.41, 5.74) is 1.07. The molecule has 2 aromatic carbocycles. The Morgan fingerprint density at radius 1 is 1.06 bits per heavy atom. The second kappa shape index (κ2) is 10.3. The smallest absolute Gasteiger partial charge is 0.324 e. The molecule has 1 unspecified atom stereocenters. The monoisotopic (exact) mass is 488 g/mol. The number of benzene rings is 2. The number of hydrogen-bond acceptors (Lipinski definition) is 6. The maximum atomic E-state index is 12.4. The molecule has 2 atom stereocenters. The van der Waals surface area contributed by atoms with Gasteiger partial charge in [-0.05, 0) is 56.7 Å². The zero-order valence-electron chi connectivity index (χ0n) is 17.2. The molecule has 0 aliphatic rings. The zero-order valence-corrected chi connectivity index (χ0v) is 19.6. The molecule has 0 aliphatic heterocycles. The SMILES string of the molecule is COc1cc(Cl)c(C)cc1NC(=O)C(C)OC(=O)[C@H](C)NS(=O)(=O)c1ccc(Cl)cc1. The van der Waals surface area contributed by atoms with E-state index < -0.39 is 34.0 Å². The van der Waals surface area contributed by atoms with Crippen molar-refractivity contribution in [2.45, 2.75) is 37.8 Å². The van der Waals surface area contributed by atoms with Crippen molar-refractivity contribution in [2.75, 3.05) is 12.4 Å². The minimum absolute atomic E-state index is 0.0625. The topological polar surface area (TPSA) is 111 Å². The summed E-state index contributed by atoms with van der Waals surface area (Å²) in [4.78, 5) is 24.7. The molecule has 1 amide bonds. The fraction of sp³-hybridized carbons (Fsp3) is 0.300. The van der Waals surface area contributed by atoms with Crippen LogP contribution in [0.5, 0.6) is 5.75 Å². The summed E-state index contributed by atoms with van der Waals surface area (Å²) in [6.45, 7) is 4.43. The summed E-state index contributed by atoms with van der Waals surface area (Å²) < 4.78 is 37.3. The number of sulfonamides is 1. The average Bonchev–Trinajstić information content (AvgIpc) is 2.70. The fourth-order valence-corrected chi connectivity index (χ4v) is 3.93. The number of nitrogens with one attached hydrogen (secondary N) is 2. The third kappa shape index (κ3) is 6.57. The minimum atomic E-state index is -3.98. The predicted molar refractivity (Wildman–Crippen MR) is 118 cm³/mol. The number of esters is 1. The summed E-state index contributed by atoms with van der Waals surface area (Å²) in [7, 11) is -2.56. The van der Waals surface area contributed by atoms with Crippen LogP contribution < -0.4 is 14.8 Å². The van der Waals surface area contributed by atoms with Crippen LogP contribution in [0.2, 0.25) is 10.0 Å². The first-order valence-electron chi connectivity index (χ1n) is 9.08. The highest BCUT2D eigenvalue weighted by Gasteiger charge is 2.27. The molecule has 0 aliphatic carbocycles. The molecule has 0 saturated carbocycles. The Bertz CT molecular complexity index is 1070. The molecule has 0 fully saturated rings. The fourth-order valence-electron chi connectivity index (χ4n) is 2.46. The zero-order chi connectivity index (χ0) is 23.3. The van der Waals surface area contributed by atoms with Crippen LogP contribution in [0.25, 0.3) is 0 Å². The number of ether oxygens (including phenoxy) is 2. The molecule has 0 spiro atoms. The van der Waals surface area contributed by atoms with Crippen molar-refractivity contribution in [1.29, 1.82) is 0 Å². The van der Waals surface area contributed by atoms with E-state index in [-0.39, 0.29) is 4.90 Å². The van der Waals surface area contributed by atoms with Gasteiger partial charge in [-0.3, -0.25) is 9.59 Å². The number of carbonyl (C=O) groups excluding carboxylic acids is 2. The number of methoxy groups -OCH3 is 1. The largest absolute Gasteiger partial charge is 0.495 e. The first-order chi connectivity index (χ1) is 14.4. The second-order valence-electron chi connectivity index (χ2n) is 6.67. The Hall–Kier alpha value is -2.33. The molecule has 2 rings (SSSR count). The molecule has 168 valence electrons. The van der Waals surface area contributed by atoms with Crippen molar-refractivity contribution in [1.82, 2.24) is 4.72 Å². The van der Waals surface area contributed by atoms with Crippen LogP contribution >= 0.6 is 23.2 Å². The molecule has 31 heavy (non-hydrogen) atoms. The van der Waals surface area contributed by atoms with E-state index >= 15 is 0 Å². The van der Waals surface area contributed by atoms with Gasteiger partial charge >= 0.3 is 5.97 Å². The summed E-state index contributed by atoms with van der Waals surface area (Å²) in [5.74, 6) is -1.20. The predicted octanol–water partition coefficient (Wildman–Crippen LogP) is 3.55. The second-order valence-corrected chi connectivity index (χ2v) is 9.22.